The van der Waals surface area contributed by atoms with Gasteiger partial charge in [0.05, 0.1) is 11.5 Å². The van der Waals surface area contributed by atoms with Gasteiger partial charge in [-0.1, -0.05) is 31.2 Å². The lowest BCUT2D eigenvalue weighted by Gasteiger charge is -2.19. The highest BCUT2D eigenvalue weighted by Crippen LogP contribution is 2.11. The van der Waals surface area contributed by atoms with E-state index in [-0.39, 0.29) is 0 Å². The molecular formula is C16H26N2O2S. The Morgan fingerprint density at radius 2 is 1.81 bits per heavy atom. The molecule has 1 aliphatic rings. The van der Waals surface area contributed by atoms with E-state index in [4.69, 9.17) is 0 Å². The first-order chi connectivity index (χ1) is 10.1. The van der Waals surface area contributed by atoms with E-state index in [9.17, 15) is 8.42 Å². The summed E-state index contributed by atoms with van der Waals surface area (Å²) in [5.74, 6) is 0.636. The smallest absolute Gasteiger partial charge is 0.151 e. The monoisotopic (exact) mass is 310 g/mol. The van der Waals surface area contributed by atoms with Gasteiger partial charge in [0.1, 0.15) is 0 Å². The fourth-order valence-electron chi connectivity index (χ4n) is 2.58. The van der Waals surface area contributed by atoms with Crippen molar-refractivity contribution in [3.8, 4) is 0 Å². The average molecular weight is 310 g/mol. The molecule has 0 unspecified atom stereocenters. The van der Waals surface area contributed by atoms with Crippen LogP contribution < -0.4 is 5.32 Å². The van der Waals surface area contributed by atoms with Crippen LogP contribution in [0, 0.1) is 0 Å². The fourth-order valence-corrected chi connectivity index (χ4v) is 3.89. The van der Waals surface area contributed by atoms with Gasteiger partial charge in [-0.2, -0.15) is 0 Å². The summed E-state index contributed by atoms with van der Waals surface area (Å²) >= 11 is 0. The highest BCUT2D eigenvalue weighted by Gasteiger charge is 2.18. The normalized spacial score (nSPS) is 19.3. The van der Waals surface area contributed by atoms with Crippen molar-refractivity contribution in [2.24, 2.45) is 0 Å². The summed E-state index contributed by atoms with van der Waals surface area (Å²) < 4.78 is 23.2. The van der Waals surface area contributed by atoms with Crippen molar-refractivity contribution >= 4 is 9.84 Å². The highest BCUT2D eigenvalue weighted by atomic mass is 32.2. The Morgan fingerprint density at radius 1 is 1.10 bits per heavy atom. The van der Waals surface area contributed by atoms with Crippen LogP contribution in [0.3, 0.4) is 0 Å². The fraction of sp³-hybridized carbons (Fsp3) is 0.625. The Morgan fingerprint density at radius 3 is 2.52 bits per heavy atom. The lowest BCUT2D eigenvalue weighted by Crippen LogP contribution is -2.26. The Bertz CT molecular complexity index is 526. The van der Waals surface area contributed by atoms with Crippen molar-refractivity contribution in [3.05, 3.63) is 35.4 Å². The summed E-state index contributed by atoms with van der Waals surface area (Å²) in [6, 6.07) is 8.63. The molecule has 21 heavy (non-hydrogen) atoms. The Labute approximate surface area is 128 Å². The van der Waals surface area contributed by atoms with Crippen LogP contribution in [0.15, 0.2) is 24.3 Å². The van der Waals surface area contributed by atoms with Crippen LogP contribution in [-0.4, -0.2) is 44.5 Å². The topological polar surface area (TPSA) is 49.4 Å². The van der Waals surface area contributed by atoms with Crippen LogP contribution in [0.2, 0.25) is 0 Å². The molecule has 0 spiro atoms. The van der Waals surface area contributed by atoms with E-state index in [0.29, 0.717) is 18.1 Å². The van der Waals surface area contributed by atoms with Gasteiger partial charge in [0.2, 0.25) is 0 Å². The van der Waals surface area contributed by atoms with Gasteiger partial charge >= 0.3 is 0 Å². The maximum Gasteiger partial charge on any atom is 0.151 e. The van der Waals surface area contributed by atoms with E-state index in [0.717, 1.165) is 39.0 Å². The summed E-state index contributed by atoms with van der Waals surface area (Å²) in [6.07, 6.45) is 1.90. The van der Waals surface area contributed by atoms with Crippen LogP contribution in [0.1, 0.15) is 30.9 Å². The van der Waals surface area contributed by atoms with Crippen molar-refractivity contribution in [1.29, 1.82) is 0 Å². The summed E-state index contributed by atoms with van der Waals surface area (Å²) in [7, 11) is -2.81. The predicted molar refractivity (Wildman–Crippen MR) is 87.0 cm³/mol. The van der Waals surface area contributed by atoms with Gasteiger partial charge in [-0.15, -0.1) is 0 Å². The van der Waals surface area contributed by atoms with E-state index in [1.165, 1.54) is 11.1 Å². The zero-order valence-electron chi connectivity index (χ0n) is 12.8. The quantitative estimate of drug-likeness (QED) is 0.814. The van der Waals surface area contributed by atoms with Gasteiger partial charge in [-0.05, 0) is 37.1 Å². The molecule has 5 heteroatoms. The maximum atomic E-state index is 11.6. The van der Waals surface area contributed by atoms with Crippen molar-refractivity contribution < 1.29 is 8.42 Å². The van der Waals surface area contributed by atoms with E-state index in [1.807, 2.05) is 0 Å². The molecule has 0 bridgehead atoms. The second-order valence-corrected chi connectivity index (χ2v) is 8.08. The summed E-state index contributed by atoms with van der Waals surface area (Å²) in [4.78, 5) is 2.24. The highest BCUT2D eigenvalue weighted by molar-refractivity contribution is 7.91. The van der Waals surface area contributed by atoms with Crippen molar-refractivity contribution in [2.75, 3.05) is 31.1 Å². The molecule has 0 saturated carbocycles. The number of benzene rings is 1. The first-order valence-corrected chi connectivity index (χ1v) is 9.62. The third-order valence-corrected chi connectivity index (χ3v) is 5.55. The van der Waals surface area contributed by atoms with Gasteiger partial charge in [-0.3, -0.25) is 4.90 Å². The Kier molecular flexibility index (Phi) is 6.21. The van der Waals surface area contributed by atoms with Crippen LogP contribution in [0.4, 0.5) is 0 Å². The number of nitrogens with zero attached hydrogens (tertiary/aromatic N) is 1. The number of hydrogen-bond acceptors (Lipinski definition) is 4. The van der Waals surface area contributed by atoms with Gasteiger partial charge in [0.15, 0.2) is 9.84 Å². The van der Waals surface area contributed by atoms with E-state index in [1.54, 1.807) is 0 Å². The van der Waals surface area contributed by atoms with E-state index >= 15 is 0 Å². The number of nitrogens with one attached hydrogen (secondary N) is 1. The molecule has 1 aliphatic heterocycles. The zero-order chi connectivity index (χ0) is 15.1. The van der Waals surface area contributed by atoms with Crippen LogP contribution in [-0.2, 0) is 22.9 Å². The largest absolute Gasteiger partial charge is 0.313 e. The minimum absolute atomic E-state index is 0.298. The van der Waals surface area contributed by atoms with Crippen LogP contribution in [0.25, 0.3) is 0 Å². The van der Waals surface area contributed by atoms with Crippen LogP contribution >= 0.6 is 0 Å². The minimum atomic E-state index is -2.81. The predicted octanol–water partition coefficient (Wildman–Crippen LogP) is 1.81. The first kappa shape index (κ1) is 16.5. The Hall–Kier alpha value is -0.910. The molecule has 0 aromatic heterocycles. The molecule has 1 aromatic carbocycles. The summed E-state index contributed by atoms with van der Waals surface area (Å²) in [6.45, 7) is 6.50. The molecular weight excluding hydrogens is 284 g/mol. The molecule has 0 radical (unpaired) electrons. The van der Waals surface area contributed by atoms with E-state index < -0.39 is 9.84 Å². The SMILES string of the molecule is CCCNCc1ccc(CN2CCCS(=O)(=O)CC2)cc1. The molecule has 1 N–H and O–H groups in total. The molecule has 4 nitrogen and oxygen atoms in total. The van der Waals surface area contributed by atoms with Gasteiger partial charge in [0, 0.05) is 19.6 Å². The molecule has 1 fully saturated rings. The lowest BCUT2D eigenvalue weighted by atomic mass is 10.1. The van der Waals surface area contributed by atoms with E-state index in [2.05, 4.69) is 41.4 Å². The molecule has 0 aliphatic carbocycles. The average Bonchev–Trinajstić information content (AvgIpc) is 2.62. The van der Waals surface area contributed by atoms with Crippen molar-refractivity contribution in [2.45, 2.75) is 32.9 Å². The second-order valence-electron chi connectivity index (χ2n) is 5.77. The lowest BCUT2D eigenvalue weighted by molar-refractivity contribution is 0.287. The minimum Gasteiger partial charge on any atom is -0.313 e. The molecule has 0 atom stereocenters. The molecule has 1 heterocycles. The van der Waals surface area contributed by atoms with Crippen molar-refractivity contribution in [1.82, 2.24) is 10.2 Å². The summed E-state index contributed by atoms with van der Waals surface area (Å²) in [5, 5.41) is 3.39. The molecule has 1 saturated heterocycles. The maximum absolute atomic E-state index is 11.6. The third kappa shape index (κ3) is 5.77. The summed E-state index contributed by atoms with van der Waals surface area (Å²) in [5.41, 5.74) is 2.55. The Balaban J connectivity index is 1.85. The van der Waals surface area contributed by atoms with Gasteiger partial charge in [-0.25, -0.2) is 8.42 Å². The second kappa shape index (κ2) is 7.92. The molecule has 2 rings (SSSR count). The molecule has 0 amide bonds. The number of sulfone groups is 1. The standard InChI is InChI=1S/C16H26N2O2S/c1-2-8-17-13-15-4-6-16(7-5-15)14-18-9-3-11-21(19,20)12-10-18/h4-7,17H,2-3,8-14H2,1H3. The zero-order valence-corrected chi connectivity index (χ0v) is 13.7. The first-order valence-electron chi connectivity index (χ1n) is 7.80. The van der Waals surface area contributed by atoms with Gasteiger partial charge in [0.25, 0.3) is 0 Å². The third-order valence-electron chi connectivity index (χ3n) is 3.83. The molecule has 1 aromatic rings. The van der Waals surface area contributed by atoms with Gasteiger partial charge < -0.3 is 5.32 Å². The van der Waals surface area contributed by atoms with Crippen molar-refractivity contribution in [3.63, 3.8) is 0 Å². The molecule has 118 valence electrons. The van der Waals surface area contributed by atoms with Crippen LogP contribution in [0.5, 0.6) is 0 Å². The number of hydrogen-bond donors (Lipinski definition) is 1. The number of rotatable bonds is 6.